The average molecular weight is 358 g/mol. The molecule has 142 valence electrons. The van der Waals surface area contributed by atoms with Crippen molar-refractivity contribution in [3.63, 3.8) is 0 Å². The lowest BCUT2D eigenvalue weighted by molar-refractivity contribution is -0.132. The summed E-state index contributed by atoms with van der Waals surface area (Å²) in [4.78, 5) is 29.0. The zero-order valence-corrected chi connectivity index (χ0v) is 15.6. The highest BCUT2D eigenvalue weighted by Crippen LogP contribution is 2.20. The molecule has 2 heterocycles. The molecule has 1 aromatic rings. The minimum absolute atomic E-state index is 0.127. The molecular weight excluding hydrogens is 328 g/mol. The van der Waals surface area contributed by atoms with E-state index < -0.39 is 0 Å². The number of morpholine rings is 1. The number of carbonyl (C=O) groups is 2. The van der Waals surface area contributed by atoms with Crippen molar-refractivity contribution >= 4 is 11.7 Å². The summed E-state index contributed by atoms with van der Waals surface area (Å²) in [6.07, 6.45) is 3.74. The van der Waals surface area contributed by atoms with Crippen LogP contribution in [0, 0.1) is 5.92 Å². The van der Waals surface area contributed by atoms with Gasteiger partial charge in [-0.15, -0.1) is 0 Å². The summed E-state index contributed by atoms with van der Waals surface area (Å²) in [5, 5.41) is 0. The summed E-state index contributed by atoms with van der Waals surface area (Å²) >= 11 is 0. The van der Waals surface area contributed by atoms with Crippen molar-refractivity contribution in [1.82, 2.24) is 9.80 Å². The highest BCUT2D eigenvalue weighted by atomic mass is 16.5. The van der Waals surface area contributed by atoms with Crippen molar-refractivity contribution in [2.45, 2.75) is 32.1 Å². The van der Waals surface area contributed by atoms with Crippen molar-refractivity contribution in [2.24, 2.45) is 5.92 Å². The second-order valence-corrected chi connectivity index (χ2v) is 7.38. The molecule has 2 aliphatic rings. The molecule has 0 unspecified atom stereocenters. The molecule has 2 fully saturated rings. The molecule has 2 saturated heterocycles. The van der Waals surface area contributed by atoms with Crippen LogP contribution in [0.3, 0.4) is 0 Å². The molecule has 0 radical (unpaired) electrons. The monoisotopic (exact) mass is 358 g/mol. The van der Waals surface area contributed by atoms with Gasteiger partial charge in [0.05, 0.1) is 13.2 Å². The Kier molecular flexibility index (Phi) is 7.21. The van der Waals surface area contributed by atoms with E-state index in [4.69, 9.17) is 4.74 Å². The van der Waals surface area contributed by atoms with Crippen LogP contribution in [0.15, 0.2) is 30.3 Å². The van der Waals surface area contributed by atoms with Crippen LogP contribution in [0.25, 0.3) is 0 Å². The van der Waals surface area contributed by atoms with Gasteiger partial charge in [-0.2, -0.15) is 0 Å². The van der Waals surface area contributed by atoms with Crippen molar-refractivity contribution in [3.8, 4) is 0 Å². The number of hydrogen-bond donors (Lipinski definition) is 0. The lowest BCUT2D eigenvalue weighted by atomic mass is 9.95. The van der Waals surface area contributed by atoms with Crippen molar-refractivity contribution in [3.05, 3.63) is 35.9 Å². The molecule has 0 spiro atoms. The quantitative estimate of drug-likeness (QED) is 0.703. The highest BCUT2D eigenvalue weighted by molar-refractivity contribution is 5.96. The van der Waals surface area contributed by atoms with Crippen LogP contribution in [0.2, 0.25) is 0 Å². The SMILES string of the molecule is O=C(CCCC(=O)N1CCC(CN2CCOCC2)CC1)c1ccccc1. The number of ketones is 1. The number of piperidine rings is 1. The van der Waals surface area contributed by atoms with Gasteiger partial charge in [-0.3, -0.25) is 14.5 Å². The van der Waals surface area contributed by atoms with Crippen molar-refractivity contribution in [1.29, 1.82) is 0 Å². The summed E-state index contributed by atoms with van der Waals surface area (Å²) in [7, 11) is 0. The molecule has 5 heteroatoms. The third-order valence-corrected chi connectivity index (χ3v) is 5.48. The second-order valence-electron chi connectivity index (χ2n) is 7.38. The van der Waals surface area contributed by atoms with Gasteiger partial charge >= 0.3 is 0 Å². The first-order valence-corrected chi connectivity index (χ1v) is 9.88. The standard InChI is InChI=1S/C21H30N2O3/c24-20(19-5-2-1-3-6-19)7-4-8-21(25)23-11-9-18(10-12-23)17-22-13-15-26-16-14-22/h1-3,5-6,18H,4,7-17H2. The van der Waals surface area contributed by atoms with Crippen molar-refractivity contribution < 1.29 is 14.3 Å². The Balaban J connectivity index is 1.32. The Labute approximate surface area is 156 Å². The van der Waals surface area contributed by atoms with Crippen LogP contribution < -0.4 is 0 Å². The maximum Gasteiger partial charge on any atom is 0.222 e. The summed E-state index contributed by atoms with van der Waals surface area (Å²) in [5.74, 6) is 1.02. The molecule has 0 saturated carbocycles. The lowest BCUT2D eigenvalue weighted by Crippen LogP contribution is -2.44. The van der Waals surface area contributed by atoms with Gasteiger partial charge in [-0.05, 0) is 25.2 Å². The van der Waals surface area contributed by atoms with Gasteiger partial charge in [-0.25, -0.2) is 0 Å². The number of carbonyl (C=O) groups excluding carboxylic acids is 2. The number of hydrogen-bond acceptors (Lipinski definition) is 4. The van der Waals surface area contributed by atoms with Gasteiger partial charge in [0, 0.05) is 51.1 Å². The third kappa shape index (κ3) is 5.64. The molecule has 2 aliphatic heterocycles. The number of likely N-dealkylation sites (tertiary alicyclic amines) is 1. The summed E-state index contributed by atoms with van der Waals surface area (Å²) in [6.45, 7) is 6.62. The summed E-state index contributed by atoms with van der Waals surface area (Å²) < 4.78 is 5.40. The molecule has 0 bridgehead atoms. The molecule has 0 aromatic heterocycles. The van der Waals surface area contributed by atoms with Crippen LogP contribution in [0.4, 0.5) is 0 Å². The van der Waals surface area contributed by atoms with Gasteiger partial charge in [-0.1, -0.05) is 30.3 Å². The fraction of sp³-hybridized carbons (Fsp3) is 0.619. The van der Waals surface area contributed by atoms with E-state index in [1.807, 2.05) is 35.2 Å². The van der Waals surface area contributed by atoms with E-state index in [2.05, 4.69) is 4.90 Å². The first kappa shape index (κ1) is 19.1. The fourth-order valence-electron chi connectivity index (χ4n) is 3.84. The number of nitrogens with zero attached hydrogens (tertiary/aromatic N) is 2. The van der Waals surface area contributed by atoms with Crippen LogP contribution >= 0.6 is 0 Å². The normalized spacial score (nSPS) is 19.5. The lowest BCUT2D eigenvalue weighted by Gasteiger charge is -2.36. The van der Waals surface area contributed by atoms with E-state index in [1.54, 1.807) is 0 Å². The van der Waals surface area contributed by atoms with Crippen LogP contribution in [-0.4, -0.2) is 67.4 Å². The number of Topliss-reactive ketones (excluding diaryl/α,β-unsaturated/α-hetero) is 1. The fourth-order valence-corrected chi connectivity index (χ4v) is 3.84. The van der Waals surface area contributed by atoms with Gasteiger partial charge in [0.15, 0.2) is 5.78 Å². The number of rotatable bonds is 7. The van der Waals surface area contributed by atoms with Crippen LogP contribution in [0.1, 0.15) is 42.5 Å². The predicted octanol–water partition coefficient (Wildman–Crippen LogP) is 2.61. The van der Waals surface area contributed by atoms with Gasteiger partial charge in [0.25, 0.3) is 0 Å². The molecule has 0 N–H and O–H groups in total. The maximum atomic E-state index is 12.4. The van der Waals surface area contributed by atoms with E-state index in [0.29, 0.717) is 25.2 Å². The maximum absolute atomic E-state index is 12.4. The highest BCUT2D eigenvalue weighted by Gasteiger charge is 2.24. The Morgan fingerprint density at radius 3 is 2.35 bits per heavy atom. The number of ether oxygens (including phenoxy) is 1. The Morgan fingerprint density at radius 2 is 1.65 bits per heavy atom. The molecule has 5 nitrogen and oxygen atoms in total. The molecule has 1 amide bonds. The number of amides is 1. The largest absolute Gasteiger partial charge is 0.379 e. The second kappa shape index (κ2) is 9.83. The Morgan fingerprint density at radius 1 is 0.962 bits per heavy atom. The van der Waals surface area contributed by atoms with Gasteiger partial charge in [0.2, 0.25) is 5.91 Å². The summed E-state index contributed by atoms with van der Waals surface area (Å²) in [6, 6.07) is 9.33. The van der Waals surface area contributed by atoms with Gasteiger partial charge < -0.3 is 9.64 Å². The number of benzene rings is 1. The van der Waals surface area contributed by atoms with E-state index in [-0.39, 0.29) is 11.7 Å². The van der Waals surface area contributed by atoms with E-state index in [1.165, 1.54) is 0 Å². The van der Waals surface area contributed by atoms with Crippen LogP contribution in [0.5, 0.6) is 0 Å². The van der Waals surface area contributed by atoms with E-state index in [0.717, 1.165) is 64.3 Å². The third-order valence-electron chi connectivity index (χ3n) is 5.48. The molecule has 1 aromatic carbocycles. The van der Waals surface area contributed by atoms with Crippen LogP contribution in [-0.2, 0) is 9.53 Å². The van der Waals surface area contributed by atoms with E-state index in [9.17, 15) is 9.59 Å². The Bertz CT molecular complexity index is 576. The molecule has 3 rings (SSSR count). The Hall–Kier alpha value is -1.72. The minimum atomic E-state index is 0.127. The summed E-state index contributed by atoms with van der Waals surface area (Å²) in [5.41, 5.74) is 0.740. The van der Waals surface area contributed by atoms with Gasteiger partial charge in [0.1, 0.15) is 0 Å². The average Bonchev–Trinajstić information content (AvgIpc) is 2.70. The molecular formula is C21H30N2O3. The minimum Gasteiger partial charge on any atom is -0.379 e. The smallest absolute Gasteiger partial charge is 0.222 e. The molecule has 0 atom stereocenters. The first-order chi connectivity index (χ1) is 12.7. The zero-order chi connectivity index (χ0) is 18.2. The molecule has 0 aliphatic carbocycles. The topological polar surface area (TPSA) is 49.9 Å². The van der Waals surface area contributed by atoms with Crippen molar-refractivity contribution in [2.75, 3.05) is 45.9 Å². The first-order valence-electron chi connectivity index (χ1n) is 9.88. The van der Waals surface area contributed by atoms with E-state index >= 15 is 0 Å². The molecule has 26 heavy (non-hydrogen) atoms. The zero-order valence-electron chi connectivity index (χ0n) is 15.6. The predicted molar refractivity (Wildman–Crippen MR) is 101 cm³/mol.